The van der Waals surface area contributed by atoms with Gasteiger partial charge in [-0.3, -0.25) is 4.79 Å². The van der Waals surface area contributed by atoms with E-state index in [0.29, 0.717) is 5.56 Å². The van der Waals surface area contributed by atoms with Crippen LogP contribution in [0.25, 0.3) is 0 Å². The lowest BCUT2D eigenvalue weighted by atomic mass is 10.0. The smallest absolute Gasteiger partial charge is 0.337 e. The topological polar surface area (TPSA) is 83.8 Å². The Balaban J connectivity index is 3.17. The molecule has 5 nitrogen and oxygen atoms in total. The second-order valence-corrected chi connectivity index (χ2v) is 3.90. The molecule has 0 aliphatic heterocycles. The maximum atomic E-state index is 11.3. The highest BCUT2D eigenvalue weighted by molar-refractivity contribution is 6.27. The Morgan fingerprint density at radius 2 is 2.11 bits per heavy atom. The predicted molar refractivity (Wildman–Crippen MR) is 65.0 cm³/mol. The zero-order chi connectivity index (χ0) is 13.7. The molecule has 0 amide bonds. The molecule has 0 spiro atoms. The Kier molecular flexibility index (Phi) is 5.12. The van der Waals surface area contributed by atoms with E-state index >= 15 is 0 Å². The van der Waals surface area contributed by atoms with Gasteiger partial charge in [0.1, 0.15) is 5.75 Å². The lowest BCUT2D eigenvalue weighted by Crippen LogP contribution is -2.13. The lowest BCUT2D eigenvalue weighted by Gasteiger charge is -2.14. The van der Waals surface area contributed by atoms with Crippen LogP contribution in [-0.4, -0.2) is 35.0 Å². The predicted octanol–water partition coefficient (Wildman–Crippen LogP) is 1.16. The summed E-state index contributed by atoms with van der Waals surface area (Å²) >= 11 is 5.42. The third-order valence-electron chi connectivity index (χ3n) is 2.40. The van der Waals surface area contributed by atoms with Gasteiger partial charge in [0.25, 0.3) is 0 Å². The number of ether oxygens (including phenoxy) is 1. The summed E-state index contributed by atoms with van der Waals surface area (Å²) < 4.78 is 5.07. The first-order chi connectivity index (χ1) is 8.51. The summed E-state index contributed by atoms with van der Waals surface area (Å²) in [7, 11) is 1.35. The molecule has 0 fully saturated rings. The number of Topliss-reactive ketones (excluding diaryl/α,β-unsaturated/α-hetero) is 1. The van der Waals surface area contributed by atoms with E-state index in [1.54, 1.807) is 12.1 Å². The number of rotatable bonds is 6. The normalized spacial score (nSPS) is 11.9. The Hall–Kier alpha value is -1.59. The van der Waals surface area contributed by atoms with Crippen LogP contribution in [0.1, 0.15) is 17.2 Å². The van der Waals surface area contributed by atoms with E-state index < -0.39 is 12.1 Å². The summed E-state index contributed by atoms with van der Waals surface area (Å²) in [5, 5.41) is 18.3. The molecule has 1 unspecified atom stereocenters. The van der Waals surface area contributed by atoms with Crippen LogP contribution in [-0.2, 0) is 16.0 Å². The molecular formula is C12H13ClO5. The van der Waals surface area contributed by atoms with Gasteiger partial charge in [0.15, 0.2) is 11.9 Å². The van der Waals surface area contributed by atoms with Crippen LogP contribution in [0.2, 0.25) is 0 Å². The van der Waals surface area contributed by atoms with Gasteiger partial charge >= 0.3 is 5.97 Å². The highest BCUT2D eigenvalue weighted by atomic mass is 35.5. The molecule has 0 bridgehead atoms. The quantitative estimate of drug-likeness (QED) is 0.759. The maximum Gasteiger partial charge on any atom is 0.337 e. The zero-order valence-electron chi connectivity index (χ0n) is 9.72. The molecule has 1 rings (SSSR count). The van der Waals surface area contributed by atoms with Crippen LogP contribution in [0, 0.1) is 0 Å². The molecule has 0 saturated carbocycles. The number of carboxylic acid groups (broad SMARTS) is 1. The van der Waals surface area contributed by atoms with Gasteiger partial charge in [0, 0.05) is 17.5 Å². The van der Waals surface area contributed by atoms with Gasteiger partial charge in [-0.25, -0.2) is 4.79 Å². The van der Waals surface area contributed by atoms with Crippen molar-refractivity contribution in [3.05, 3.63) is 29.3 Å². The molecule has 1 atom stereocenters. The minimum Gasteiger partial charge on any atom is -0.496 e. The molecule has 98 valence electrons. The number of hydrogen-bond donors (Lipinski definition) is 2. The third-order valence-corrected chi connectivity index (χ3v) is 2.69. The fourth-order valence-electron chi connectivity index (χ4n) is 1.60. The summed E-state index contributed by atoms with van der Waals surface area (Å²) in [5.74, 6) is -1.52. The van der Waals surface area contributed by atoms with E-state index in [0.717, 1.165) is 0 Å². The molecule has 1 aromatic carbocycles. The minimum atomic E-state index is -1.69. The molecule has 0 aliphatic carbocycles. The molecule has 0 aromatic heterocycles. The van der Waals surface area contributed by atoms with E-state index in [-0.39, 0.29) is 29.4 Å². The van der Waals surface area contributed by atoms with Gasteiger partial charge in [-0.05, 0) is 0 Å². The van der Waals surface area contributed by atoms with Crippen LogP contribution in [0.5, 0.6) is 5.75 Å². The first-order valence-corrected chi connectivity index (χ1v) is 5.69. The Labute approximate surface area is 109 Å². The van der Waals surface area contributed by atoms with E-state index in [1.807, 2.05) is 0 Å². The van der Waals surface area contributed by atoms with Crippen LogP contribution in [0.4, 0.5) is 0 Å². The van der Waals surface area contributed by atoms with Crippen LogP contribution in [0.15, 0.2) is 18.2 Å². The van der Waals surface area contributed by atoms with Crippen molar-refractivity contribution in [2.75, 3.05) is 13.0 Å². The number of aliphatic carboxylic acids is 1. The highest BCUT2D eigenvalue weighted by Gasteiger charge is 2.22. The van der Waals surface area contributed by atoms with Crippen molar-refractivity contribution in [1.29, 1.82) is 0 Å². The number of carbonyl (C=O) groups excluding carboxylic acids is 1. The van der Waals surface area contributed by atoms with Gasteiger partial charge in [-0.15, -0.1) is 11.6 Å². The molecule has 0 radical (unpaired) electrons. The monoisotopic (exact) mass is 272 g/mol. The van der Waals surface area contributed by atoms with Crippen LogP contribution >= 0.6 is 11.6 Å². The van der Waals surface area contributed by atoms with Crippen molar-refractivity contribution in [1.82, 2.24) is 0 Å². The van der Waals surface area contributed by atoms with Crippen molar-refractivity contribution >= 4 is 23.4 Å². The number of halogens is 1. The van der Waals surface area contributed by atoms with Gasteiger partial charge in [0.05, 0.1) is 13.0 Å². The van der Waals surface area contributed by atoms with Crippen molar-refractivity contribution in [3.8, 4) is 5.75 Å². The standard InChI is InChI=1S/C12H13ClO5/c1-18-11-7(5-8(14)6-13)3-2-4-9(11)10(15)12(16)17/h2-4,10,15H,5-6H2,1H3,(H,16,17). The average molecular weight is 273 g/mol. The van der Waals surface area contributed by atoms with Gasteiger partial charge in [-0.2, -0.15) is 0 Å². The Bertz CT molecular complexity index is 458. The molecule has 0 heterocycles. The fourth-order valence-corrected chi connectivity index (χ4v) is 1.70. The maximum absolute atomic E-state index is 11.3. The van der Waals surface area contributed by atoms with Crippen LogP contribution < -0.4 is 4.74 Å². The van der Waals surface area contributed by atoms with E-state index in [1.165, 1.54) is 13.2 Å². The number of hydrogen-bond acceptors (Lipinski definition) is 4. The van der Waals surface area contributed by atoms with Crippen LogP contribution in [0.3, 0.4) is 0 Å². The summed E-state index contributed by atoms with van der Waals surface area (Å²) in [4.78, 5) is 22.1. The van der Waals surface area contributed by atoms with Gasteiger partial charge < -0.3 is 14.9 Å². The SMILES string of the molecule is COc1c(CC(=O)CCl)cccc1C(O)C(=O)O. The van der Waals surface area contributed by atoms with E-state index in [4.69, 9.17) is 21.4 Å². The number of ketones is 1. The Morgan fingerprint density at radius 1 is 1.44 bits per heavy atom. The molecular weight excluding hydrogens is 260 g/mol. The largest absolute Gasteiger partial charge is 0.496 e. The molecule has 2 N–H and O–H groups in total. The molecule has 6 heteroatoms. The summed E-state index contributed by atoms with van der Waals surface area (Å²) in [6, 6.07) is 4.62. The second kappa shape index (κ2) is 6.37. The second-order valence-electron chi connectivity index (χ2n) is 3.63. The third kappa shape index (κ3) is 3.21. The number of benzene rings is 1. The van der Waals surface area contributed by atoms with E-state index in [2.05, 4.69) is 0 Å². The number of carbonyl (C=O) groups is 2. The van der Waals surface area contributed by atoms with E-state index in [9.17, 15) is 14.7 Å². The Morgan fingerprint density at radius 3 is 2.61 bits per heavy atom. The minimum absolute atomic E-state index is 0.0346. The van der Waals surface area contributed by atoms with Gasteiger partial charge in [-0.1, -0.05) is 18.2 Å². The molecule has 18 heavy (non-hydrogen) atoms. The number of carboxylic acids is 1. The number of alkyl halides is 1. The van der Waals surface area contributed by atoms with Gasteiger partial charge in [0.2, 0.25) is 0 Å². The number of aliphatic hydroxyl groups excluding tert-OH is 1. The summed E-state index contributed by atoms with van der Waals surface area (Å²) in [6.45, 7) is 0. The molecule has 1 aromatic rings. The fraction of sp³-hybridized carbons (Fsp3) is 0.333. The summed E-state index contributed by atoms with van der Waals surface area (Å²) in [5.41, 5.74) is 0.617. The number of methoxy groups -OCH3 is 1. The summed E-state index contributed by atoms with van der Waals surface area (Å²) in [6.07, 6.45) is -1.65. The molecule has 0 aliphatic rings. The van der Waals surface area contributed by atoms with Crippen molar-refractivity contribution in [3.63, 3.8) is 0 Å². The van der Waals surface area contributed by atoms with Crippen molar-refractivity contribution in [2.24, 2.45) is 0 Å². The average Bonchev–Trinajstić information content (AvgIpc) is 2.37. The first kappa shape index (κ1) is 14.5. The van der Waals surface area contributed by atoms with Crippen molar-refractivity contribution < 1.29 is 24.5 Å². The number of aliphatic hydroxyl groups is 1. The highest BCUT2D eigenvalue weighted by Crippen LogP contribution is 2.29. The molecule has 0 saturated heterocycles. The number of para-hydroxylation sites is 1. The zero-order valence-corrected chi connectivity index (χ0v) is 10.5. The first-order valence-electron chi connectivity index (χ1n) is 5.15. The van der Waals surface area contributed by atoms with Crippen molar-refractivity contribution in [2.45, 2.75) is 12.5 Å². The lowest BCUT2D eigenvalue weighted by molar-refractivity contribution is -0.147.